The second-order valence-electron chi connectivity index (χ2n) is 9.75. The van der Waals surface area contributed by atoms with Crippen LogP contribution in [0.1, 0.15) is 49.8 Å². The first-order valence-corrected chi connectivity index (χ1v) is 13.4. The fourth-order valence-electron chi connectivity index (χ4n) is 4.69. The summed E-state index contributed by atoms with van der Waals surface area (Å²) >= 11 is 0. The average molecular weight is 539 g/mol. The summed E-state index contributed by atoms with van der Waals surface area (Å²) in [5.74, 6) is -0.115. The van der Waals surface area contributed by atoms with Crippen LogP contribution in [0.25, 0.3) is 0 Å². The van der Waals surface area contributed by atoms with E-state index >= 15 is 0 Å². The number of halogens is 3. The molecule has 2 N–H and O–H groups in total. The van der Waals surface area contributed by atoms with Crippen molar-refractivity contribution in [1.82, 2.24) is 29.5 Å². The quantitative estimate of drug-likeness (QED) is 0.418. The monoisotopic (exact) mass is 538 g/mol. The Morgan fingerprint density at radius 1 is 1.05 bits per heavy atom. The molecule has 0 spiro atoms. The van der Waals surface area contributed by atoms with Gasteiger partial charge in [-0.3, -0.25) is 14.4 Å². The molecule has 2 aromatic heterocycles. The van der Waals surface area contributed by atoms with Crippen molar-refractivity contribution in [3.05, 3.63) is 23.7 Å². The number of anilines is 3. The number of rotatable bonds is 11. The molecule has 0 aliphatic carbocycles. The van der Waals surface area contributed by atoms with Crippen LogP contribution in [-0.2, 0) is 22.3 Å². The average Bonchev–Trinajstić information content (AvgIpc) is 3.09. The van der Waals surface area contributed by atoms with Gasteiger partial charge in [-0.25, -0.2) is 4.98 Å². The molecule has 10 nitrogen and oxygen atoms in total. The molecule has 0 bridgehead atoms. The number of carbonyl (C=O) groups is 1. The minimum Gasteiger partial charge on any atom is -0.379 e. The lowest BCUT2D eigenvalue weighted by atomic mass is 10.2. The predicted octanol–water partition coefficient (Wildman–Crippen LogP) is 3.67. The fourth-order valence-corrected chi connectivity index (χ4v) is 4.69. The predicted molar refractivity (Wildman–Crippen MR) is 137 cm³/mol. The molecular formula is C25H37F3N8O2. The minimum atomic E-state index is -4.59. The van der Waals surface area contributed by atoms with Gasteiger partial charge in [0.25, 0.3) is 0 Å². The van der Waals surface area contributed by atoms with Crippen molar-refractivity contribution >= 4 is 23.4 Å². The molecular weight excluding hydrogens is 501 g/mol. The summed E-state index contributed by atoms with van der Waals surface area (Å²) in [5.41, 5.74) is 0.419. The molecule has 4 rings (SSSR count). The first-order chi connectivity index (χ1) is 18.3. The topological polar surface area (TPSA) is 100 Å². The molecule has 4 heterocycles. The van der Waals surface area contributed by atoms with E-state index in [0.717, 1.165) is 71.3 Å². The summed E-state index contributed by atoms with van der Waals surface area (Å²) in [4.78, 5) is 24.4. The number of aryl methyl sites for hydroxylation is 2. The third-order valence-corrected chi connectivity index (χ3v) is 6.82. The summed E-state index contributed by atoms with van der Waals surface area (Å²) in [6, 6.07) is 0. The summed E-state index contributed by atoms with van der Waals surface area (Å²) in [6.07, 6.45) is 2.88. The van der Waals surface area contributed by atoms with Crippen LogP contribution in [0, 0.1) is 6.92 Å². The van der Waals surface area contributed by atoms with E-state index in [4.69, 9.17) is 4.74 Å². The van der Waals surface area contributed by atoms with Gasteiger partial charge in [0.05, 0.1) is 24.6 Å². The smallest absolute Gasteiger partial charge is 0.379 e. The van der Waals surface area contributed by atoms with Gasteiger partial charge in [-0.15, -0.1) is 0 Å². The van der Waals surface area contributed by atoms with Gasteiger partial charge in [-0.1, -0.05) is 6.42 Å². The van der Waals surface area contributed by atoms with Crippen molar-refractivity contribution < 1.29 is 22.7 Å². The zero-order chi connectivity index (χ0) is 27.0. The maximum absolute atomic E-state index is 13.6. The number of likely N-dealkylation sites (tertiary alicyclic amines) is 1. The number of nitrogens with zero attached hydrogens (tertiary/aromatic N) is 6. The van der Waals surface area contributed by atoms with E-state index < -0.39 is 11.7 Å². The highest BCUT2D eigenvalue weighted by molar-refractivity contribution is 5.76. The number of nitrogens with one attached hydrogen (secondary N) is 2. The van der Waals surface area contributed by atoms with E-state index in [1.165, 1.54) is 0 Å². The van der Waals surface area contributed by atoms with Crippen LogP contribution in [0.5, 0.6) is 0 Å². The Morgan fingerprint density at radius 2 is 1.87 bits per heavy atom. The molecule has 0 radical (unpaired) electrons. The molecule has 1 amide bonds. The molecule has 2 aliphatic heterocycles. The zero-order valence-electron chi connectivity index (χ0n) is 21.9. The standard InChI is InChI=1S/C25H37F3N8O2/c1-19-21(18-36(33-19)12-6-9-34-13-15-38-16-14-34)31-24-30-17-20(25(26,27)28)23(32-24)29-8-5-11-35-10-4-2-3-7-22(35)37/h17-18H,2-16H2,1H3,(H2,29,30,31,32). The Morgan fingerprint density at radius 3 is 2.66 bits per heavy atom. The summed E-state index contributed by atoms with van der Waals surface area (Å²) in [5, 5.41) is 10.3. The molecule has 13 heteroatoms. The van der Waals surface area contributed by atoms with Gasteiger partial charge in [0, 0.05) is 64.6 Å². The number of ether oxygens (including phenoxy) is 1. The zero-order valence-corrected chi connectivity index (χ0v) is 21.9. The number of amides is 1. The lowest BCUT2D eigenvalue weighted by Gasteiger charge is -2.26. The van der Waals surface area contributed by atoms with Gasteiger partial charge in [0.15, 0.2) is 0 Å². The van der Waals surface area contributed by atoms with Gasteiger partial charge in [-0.2, -0.15) is 23.3 Å². The molecule has 0 unspecified atom stereocenters. The lowest BCUT2D eigenvalue weighted by molar-refractivity contribution is -0.137. The highest BCUT2D eigenvalue weighted by Crippen LogP contribution is 2.34. The van der Waals surface area contributed by atoms with Crippen LogP contribution >= 0.6 is 0 Å². The van der Waals surface area contributed by atoms with E-state index in [0.29, 0.717) is 37.3 Å². The van der Waals surface area contributed by atoms with Crippen molar-refractivity contribution in [2.24, 2.45) is 0 Å². The molecule has 2 aliphatic rings. The van der Waals surface area contributed by atoms with Gasteiger partial charge in [-0.05, 0) is 32.6 Å². The van der Waals surface area contributed by atoms with Crippen molar-refractivity contribution in [1.29, 1.82) is 0 Å². The normalized spacial score (nSPS) is 17.5. The largest absolute Gasteiger partial charge is 0.421 e. The molecule has 0 aromatic carbocycles. The van der Waals surface area contributed by atoms with Gasteiger partial charge in [0.2, 0.25) is 11.9 Å². The number of hydrogen-bond donors (Lipinski definition) is 2. The van der Waals surface area contributed by atoms with Crippen LogP contribution in [-0.4, -0.2) is 87.9 Å². The number of aromatic nitrogens is 4. The molecule has 2 fully saturated rings. The maximum atomic E-state index is 13.6. The molecule has 2 aromatic rings. The Labute approximate surface area is 220 Å². The van der Waals surface area contributed by atoms with Crippen molar-refractivity contribution in [2.45, 2.75) is 58.2 Å². The Hall–Kier alpha value is -2.93. The Kier molecular flexibility index (Phi) is 9.78. The molecule has 0 atom stereocenters. The van der Waals surface area contributed by atoms with Crippen LogP contribution in [0.15, 0.2) is 12.4 Å². The first kappa shape index (κ1) is 28.1. The molecule has 38 heavy (non-hydrogen) atoms. The highest BCUT2D eigenvalue weighted by Gasteiger charge is 2.35. The SMILES string of the molecule is Cc1nn(CCCN2CCOCC2)cc1Nc1ncc(C(F)(F)F)c(NCCCN2CCCCCC2=O)n1. The maximum Gasteiger partial charge on any atom is 0.421 e. The van der Waals surface area contributed by atoms with Crippen molar-refractivity contribution in [2.75, 3.05) is 63.1 Å². The van der Waals surface area contributed by atoms with Gasteiger partial charge < -0.3 is 20.3 Å². The van der Waals surface area contributed by atoms with Gasteiger partial charge >= 0.3 is 6.18 Å². The van der Waals surface area contributed by atoms with E-state index in [1.54, 1.807) is 4.90 Å². The second kappa shape index (κ2) is 13.2. The number of carbonyl (C=O) groups excluding carboxylic acids is 1. The summed E-state index contributed by atoms with van der Waals surface area (Å²) in [7, 11) is 0. The van der Waals surface area contributed by atoms with E-state index in [1.807, 2.05) is 17.8 Å². The summed E-state index contributed by atoms with van der Waals surface area (Å²) in [6.45, 7) is 8.35. The van der Waals surface area contributed by atoms with E-state index in [2.05, 4.69) is 30.6 Å². The number of morpholine rings is 1. The number of alkyl halides is 3. The summed E-state index contributed by atoms with van der Waals surface area (Å²) < 4.78 is 48.0. The van der Waals surface area contributed by atoms with E-state index in [-0.39, 0.29) is 24.2 Å². The highest BCUT2D eigenvalue weighted by atomic mass is 19.4. The molecule has 2 saturated heterocycles. The van der Waals surface area contributed by atoms with Gasteiger partial charge in [0.1, 0.15) is 11.4 Å². The first-order valence-electron chi connectivity index (χ1n) is 13.4. The lowest BCUT2D eigenvalue weighted by Crippen LogP contribution is -2.37. The van der Waals surface area contributed by atoms with Crippen LogP contribution in [0.4, 0.5) is 30.6 Å². The fraction of sp³-hybridized carbons (Fsp3) is 0.680. The Balaban J connectivity index is 1.34. The van der Waals surface area contributed by atoms with Crippen molar-refractivity contribution in [3.8, 4) is 0 Å². The van der Waals surface area contributed by atoms with Crippen LogP contribution < -0.4 is 10.6 Å². The molecule has 0 saturated carbocycles. The van der Waals surface area contributed by atoms with Crippen molar-refractivity contribution in [3.63, 3.8) is 0 Å². The third kappa shape index (κ3) is 8.03. The number of hydrogen-bond acceptors (Lipinski definition) is 8. The van der Waals surface area contributed by atoms with E-state index in [9.17, 15) is 18.0 Å². The van der Waals surface area contributed by atoms with Crippen LogP contribution in [0.2, 0.25) is 0 Å². The molecule has 210 valence electrons. The minimum absolute atomic E-state index is 0.0548. The second-order valence-corrected chi connectivity index (χ2v) is 9.75. The third-order valence-electron chi connectivity index (χ3n) is 6.82. The Bertz CT molecular complexity index is 1060. The van der Waals surface area contributed by atoms with Crippen LogP contribution in [0.3, 0.4) is 0 Å².